The molecule has 0 unspecified atom stereocenters. The van der Waals surface area contributed by atoms with Crippen molar-refractivity contribution in [2.24, 2.45) is 0 Å². The van der Waals surface area contributed by atoms with E-state index in [2.05, 4.69) is 15.3 Å². The van der Waals surface area contributed by atoms with Crippen LogP contribution in [-0.2, 0) is 29.0 Å². The number of nitrogens with two attached hydrogens (primary N) is 1. The molecule has 10 heteroatoms. The van der Waals surface area contributed by atoms with Gasteiger partial charge in [-0.05, 0) is 49.4 Å². The second kappa shape index (κ2) is 10.0. The van der Waals surface area contributed by atoms with Gasteiger partial charge in [-0.3, -0.25) is 9.59 Å². The van der Waals surface area contributed by atoms with Gasteiger partial charge in [0.05, 0.1) is 19.6 Å². The van der Waals surface area contributed by atoms with Crippen LogP contribution >= 0.6 is 11.3 Å². The second-order valence-electron chi connectivity index (χ2n) is 7.68. The standard InChI is InChI=1S/C23H26N4O5S/c1-30-15-9-8-13(10-16(15)31-2)22(29)25-11-19(28)32-12-18-26-21(24)20-14-6-4-3-5-7-17(14)33-23(20)27-18/h8-10H,3-7,11-12H2,1-2H3,(H,25,29)(H2,24,26,27). The van der Waals surface area contributed by atoms with Crippen molar-refractivity contribution in [3.8, 4) is 11.5 Å². The van der Waals surface area contributed by atoms with E-state index in [1.54, 1.807) is 23.5 Å². The predicted molar refractivity (Wildman–Crippen MR) is 125 cm³/mol. The molecule has 0 radical (unpaired) electrons. The van der Waals surface area contributed by atoms with Crippen LogP contribution in [0.2, 0.25) is 0 Å². The van der Waals surface area contributed by atoms with Crippen LogP contribution < -0.4 is 20.5 Å². The molecule has 0 saturated heterocycles. The minimum Gasteiger partial charge on any atom is -0.493 e. The second-order valence-corrected chi connectivity index (χ2v) is 8.77. The maximum Gasteiger partial charge on any atom is 0.325 e. The molecule has 1 aromatic carbocycles. The Bertz CT molecular complexity index is 1190. The van der Waals surface area contributed by atoms with Gasteiger partial charge in [0, 0.05) is 10.4 Å². The van der Waals surface area contributed by atoms with Gasteiger partial charge < -0.3 is 25.3 Å². The number of aryl methyl sites for hydroxylation is 2. The monoisotopic (exact) mass is 470 g/mol. The smallest absolute Gasteiger partial charge is 0.325 e. The lowest BCUT2D eigenvalue weighted by Gasteiger charge is -2.10. The Morgan fingerprint density at radius 2 is 1.88 bits per heavy atom. The average molecular weight is 471 g/mol. The molecular formula is C23H26N4O5S. The molecular weight excluding hydrogens is 444 g/mol. The molecule has 9 nitrogen and oxygen atoms in total. The summed E-state index contributed by atoms with van der Waals surface area (Å²) < 4.78 is 15.6. The van der Waals surface area contributed by atoms with Crippen molar-refractivity contribution in [3.63, 3.8) is 0 Å². The molecule has 0 atom stereocenters. The Balaban J connectivity index is 1.35. The summed E-state index contributed by atoms with van der Waals surface area (Å²) in [6, 6.07) is 4.73. The average Bonchev–Trinajstić information content (AvgIpc) is 3.02. The number of nitrogen functional groups attached to an aromatic ring is 1. The molecule has 2 aromatic heterocycles. The zero-order chi connectivity index (χ0) is 23.4. The lowest BCUT2D eigenvalue weighted by Crippen LogP contribution is -2.30. The summed E-state index contributed by atoms with van der Waals surface area (Å²) in [4.78, 5) is 35.6. The molecule has 4 rings (SSSR count). The number of hydrogen-bond acceptors (Lipinski definition) is 9. The summed E-state index contributed by atoms with van der Waals surface area (Å²) in [5.74, 6) is 0.654. The maximum absolute atomic E-state index is 12.3. The SMILES string of the molecule is COc1ccc(C(=O)NCC(=O)OCc2nc(N)c3c4c(sc3n2)CCCCC4)cc1OC. The zero-order valence-corrected chi connectivity index (χ0v) is 19.4. The van der Waals surface area contributed by atoms with Crippen LogP contribution in [0.15, 0.2) is 18.2 Å². The van der Waals surface area contributed by atoms with Gasteiger partial charge in [0.25, 0.3) is 5.91 Å². The van der Waals surface area contributed by atoms with E-state index in [4.69, 9.17) is 19.9 Å². The van der Waals surface area contributed by atoms with Crippen molar-refractivity contribution >= 4 is 39.2 Å². The van der Waals surface area contributed by atoms with Crippen LogP contribution in [0.25, 0.3) is 10.2 Å². The van der Waals surface area contributed by atoms with E-state index in [1.807, 2.05) is 0 Å². The van der Waals surface area contributed by atoms with Crippen molar-refractivity contribution in [2.45, 2.75) is 38.7 Å². The third-order valence-corrected chi connectivity index (χ3v) is 6.73. The van der Waals surface area contributed by atoms with Crippen LogP contribution in [0, 0.1) is 0 Å². The van der Waals surface area contributed by atoms with Crippen molar-refractivity contribution in [3.05, 3.63) is 40.0 Å². The zero-order valence-electron chi connectivity index (χ0n) is 18.6. The van der Waals surface area contributed by atoms with Crippen molar-refractivity contribution in [2.75, 3.05) is 26.5 Å². The van der Waals surface area contributed by atoms with Crippen LogP contribution in [0.4, 0.5) is 5.82 Å². The number of esters is 1. The van der Waals surface area contributed by atoms with Crippen LogP contribution in [0.3, 0.4) is 0 Å². The van der Waals surface area contributed by atoms with Crippen molar-refractivity contribution in [1.82, 2.24) is 15.3 Å². The van der Waals surface area contributed by atoms with Gasteiger partial charge in [0.2, 0.25) is 0 Å². The first kappa shape index (κ1) is 22.8. The molecule has 33 heavy (non-hydrogen) atoms. The fourth-order valence-electron chi connectivity index (χ4n) is 3.90. The van der Waals surface area contributed by atoms with E-state index in [9.17, 15) is 9.59 Å². The number of rotatable bonds is 7. The van der Waals surface area contributed by atoms with E-state index < -0.39 is 11.9 Å². The third kappa shape index (κ3) is 5.00. The number of ether oxygens (including phenoxy) is 3. The molecule has 174 valence electrons. The summed E-state index contributed by atoms with van der Waals surface area (Å²) in [5.41, 5.74) is 7.83. The molecule has 3 aromatic rings. The van der Waals surface area contributed by atoms with Crippen LogP contribution in [-0.4, -0.2) is 42.6 Å². The lowest BCUT2D eigenvalue weighted by molar-refractivity contribution is -0.143. The number of fused-ring (bicyclic) bond motifs is 3. The van der Waals surface area contributed by atoms with E-state index in [0.29, 0.717) is 28.7 Å². The molecule has 0 aliphatic heterocycles. The van der Waals surface area contributed by atoms with E-state index >= 15 is 0 Å². The molecule has 0 bridgehead atoms. The highest BCUT2D eigenvalue weighted by molar-refractivity contribution is 7.19. The molecule has 2 heterocycles. The van der Waals surface area contributed by atoms with Gasteiger partial charge in [0.15, 0.2) is 23.9 Å². The number of nitrogens with one attached hydrogen (secondary N) is 1. The normalized spacial score (nSPS) is 13.2. The molecule has 1 amide bonds. The fraction of sp³-hybridized carbons (Fsp3) is 0.391. The quantitative estimate of drug-likeness (QED) is 0.399. The van der Waals surface area contributed by atoms with Gasteiger partial charge in [-0.15, -0.1) is 11.3 Å². The van der Waals surface area contributed by atoms with E-state index in [-0.39, 0.29) is 13.2 Å². The number of methoxy groups -OCH3 is 2. The molecule has 0 saturated carbocycles. The highest BCUT2D eigenvalue weighted by atomic mass is 32.1. The minimum absolute atomic E-state index is 0.117. The number of thiophene rings is 1. The molecule has 1 aliphatic carbocycles. The largest absolute Gasteiger partial charge is 0.493 e. The Morgan fingerprint density at radius 1 is 1.09 bits per heavy atom. The first-order chi connectivity index (χ1) is 16.0. The van der Waals surface area contributed by atoms with Gasteiger partial charge >= 0.3 is 5.97 Å². The van der Waals surface area contributed by atoms with Gasteiger partial charge in [-0.1, -0.05) is 6.42 Å². The Labute approximate surface area is 195 Å². The number of amides is 1. The topological polar surface area (TPSA) is 126 Å². The molecule has 1 aliphatic rings. The summed E-state index contributed by atoms with van der Waals surface area (Å²) in [6.45, 7) is -0.411. The van der Waals surface area contributed by atoms with Crippen molar-refractivity contribution < 1.29 is 23.8 Å². The summed E-state index contributed by atoms with van der Waals surface area (Å²) in [5, 5.41) is 3.47. The first-order valence-corrected chi connectivity index (χ1v) is 11.5. The maximum atomic E-state index is 12.3. The number of nitrogens with zero attached hydrogens (tertiary/aromatic N) is 2. The minimum atomic E-state index is -0.604. The van der Waals surface area contributed by atoms with Crippen LogP contribution in [0.5, 0.6) is 11.5 Å². The van der Waals surface area contributed by atoms with E-state index in [1.165, 1.54) is 43.6 Å². The summed E-state index contributed by atoms with van der Waals surface area (Å²) >= 11 is 1.65. The number of aromatic nitrogens is 2. The Hall–Kier alpha value is -3.40. The number of anilines is 1. The fourth-order valence-corrected chi connectivity index (χ4v) is 5.19. The number of hydrogen-bond donors (Lipinski definition) is 2. The number of carbonyl (C=O) groups is 2. The van der Waals surface area contributed by atoms with Gasteiger partial charge in [-0.2, -0.15) is 0 Å². The Kier molecular flexibility index (Phi) is 6.93. The highest BCUT2D eigenvalue weighted by Crippen LogP contribution is 2.37. The molecule has 0 spiro atoms. The predicted octanol–water partition coefficient (Wildman–Crippen LogP) is 3.03. The summed E-state index contributed by atoms with van der Waals surface area (Å²) in [7, 11) is 2.99. The van der Waals surface area contributed by atoms with E-state index in [0.717, 1.165) is 29.5 Å². The number of benzene rings is 1. The first-order valence-electron chi connectivity index (χ1n) is 10.7. The Morgan fingerprint density at radius 3 is 2.67 bits per heavy atom. The molecule has 3 N–H and O–H groups in total. The van der Waals surface area contributed by atoms with Gasteiger partial charge in [0.1, 0.15) is 17.2 Å². The highest BCUT2D eigenvalue weighted by Gasteiger charge is 2.20. The third-order valence-electron chi connectivity index (χ3n) is 5.54. The summed E-state index contributed by atoms with van der Waals surface area (Å²) in [6.07, 6.45) is 5.58. The van der Waals surface area contributed by atoms with Crippen molar-refractivity contribution in [1.29, 1.82) is 0 Å². The van der Waals surface area contributed by atoms with Gasteiger partial charge in [-0.25, -0.2) is 9.97 Å². The molecule has 0 fully saturated rings. The number of carbonyl (C=O) groups excluding carboxylic acids is 2. The lowest BCUT2D eigenvalue weighted by atomic mass is 10.1. The van der Waals surface area contributed by atoms with Crippen LogP contribution in [0.1, 0.15) is 45.9 Å².